The molecule has 0 fully saturated rings. The molecular formula is C14H17BrF2N2O2. The molecule has 0 aromatic heterocycles. The zero-order valence-corrected chi connectivity index (χ0v) is 13.2. The van der Waals surface area contributed by atoms with Crippen molar-refractivity contribution in [3.8, 4) is 0 Å². The molecule has 0 saturated carbocycles. The third-order valence-corrected chi connectivity index (χ3v) is 4.23. The van der Waals surface area contributed by atoms with Crippen molar-refractivity contribution in [3.05, 3.63) is 29.3 Å². The molecule has 1 heterocycles. The Morgan fingerprint density at radius 3 is 2.95 bits per heavy atom. The van der Waals surface area contributed by atoms with Gasteiger partial charge in [-0.05, 0) is 23.6 Å². The first kappa shape index (κ1) is 16.2. The van der Waals surface area contributed by atoms with E-state index in [1.807, 2.05) is 18.2 Å². The summed E-state index contributed by atoms with van der Waals surface area (Å²) >= 11 is 3.54. The van der Waals surface area contributed by atoms with E-state index in [0.717, 1.165) is 16.8 Å². The molecule has 0 radical (unpaired) electrons. The van der Waals surface area contributed by atoms with E-state index in [1.165, 1.54) is 0 Å². The number of halogens is 3. The van der Waals surface area contributed by atoms with Gasteiger partial charge in [0, 0.05) is 30.7 Å². The molecule has 1 aromatic rings. The third kappa shape index (κ3) is 4.38. The van der Waals surface area contributed by atoms with Gasteiger partial charge < -0.3 is 15.0 Å². The van der Waals surface area contributed by atoms with Gasteiger partial charge in [0.25, 0.3) is 6.43 Å². The van der Waals surface area contributed by atoms with E-state index < -0.39 is 13.0 Å². The first-order chi connectivity index (χ1) is 9.97. The molecule has 1 N–H and O–H groups in total. The van der Waals surface area contributed by atoms with Crippen LogP contribution in [0.2, 0.25) is 0 Å². The van der Waals surface area contributed by atoms with Gasteiger partial charge in [-0.1, -0.05) is 28.1 Å². The molecule has 116 valence electrons. The Hall–Kier alpha value is -1.21. The molecule has 2 amide bonds. The Balaban J connectivity index is 1.95. The van der Waals surface area contributed by atoms with Gasteiger partial charge in [0.05, 0.1) is 0 Å². The Morgan fingerprint density at radius 2 is 2.24 bits per heavy atom. The van der Waals surface area contributed by atoms with Gasteiger partial charge in [-0.2, -0.15) is 0 Å². The van der Waals surface area contributed by atoms with Crippen LogP contribution in [0.5, 0.6) is 0 Å². The molecule has 1 unspecified atom stereocenters. The quantitative estimate of drug-likeness (QED) is 0.618. The normalized spacial score (nSPS) is 15.9. The molecule has 7 heteroatoms. The first-order valence-electron chi connectivity index (χ1n) is 6.62. The molecule has 4 nitrogen and oxygen atoms in total. The second-order valence-corrected chi connectivity index (χ2v) is 6.03. The average Bonchev–Trinajstić information content (AvgIpc) is 2.44. The van der Waals surface area contributed by atoms with Gasteiger partial charge in [0.15, 0.2) is 0 Å². The second-order valence-electron chi connectivity index (χ2n) is 4.93. The molecule has 0 bridgehead atoms. The van der Waals surface area contributed by atoms with E-state index in [2.05, 4.69) is 21.2 Å². The van der Waals surface area contributed by atoms with E-state index in [4.69, 9.17) is 4.74 Å². The SMILES string of the molecule is CN1Cc2cc(C(Br)CCOCC(F)F)ccc2NC1=O. The molecule has 1 aliphatic heterocycles. The molecule has 2 rings (SSSR count). The van der Waals surface area contributed by atoms with Crippen molar-refractivity contribution in [2.45, 2.75) is 24.2 Å². The van der Waals surface area contributed by atoms with Crippen LogP contribution in [0.1, 0.15) is 22.4 Å². The fraction of sp³-hybridized carbons (Fsp3) is 0.500. The highest BCUT2D eigenvalue weighted by atomic mass is 79.9. The lowest BCUT2D eigenvalue weighted by Crippen LogP contribution is -2.35. The van der Waals surface area contributed by atoms with Gasteiger partial charge in [-0.3, -0.25) is 0 Å². The zero-order chi connectivity index (χ0) is 15.4. The zero-order valence-electron chi connectivity index (χ0n) is 11.6. The van der Waals surface area contributed by atoms with Crippen LogP contribution >= 0.6 is 15.9 Å². The van der Waals surface area contributed by atoms with Crippen molar-refractivity contribution in [1.82, 2.24) is 4.90 Å². The molecule has 0 spiro atoms. The maximum atomic E-state index is 12.0. The summed E-state index contributed by atoms with van der Waals surface area (Å²) in [6.45, 7) is 0.297. The maximum Gasteiger partial charge on any atom is 0.321 e. The molecule has 1 atom stereocenters. The largest absolute Gasteiger partial charge is 0.375 e. The molecule has 1 aromatic carbocycles. The predicted octanol–water partition coefficient (Wildman–Crippen LogP) is 3.77. The van der Waals surface area contributed by atoms with Crippen molar-refractivity contribution < 1.29 is 18.3 Å². The van der Waals surface area contributed by atoms with Crippen molar-refractivity contribution in [2.75, 3.05) is 25.6 Å². The van der Waals surface area contributed by atoms with E-state index in [0.29, 0.717) is 13.0 Å². The Kier molecular flexibility index (Phi) is 5.52. The summed E-state index contributed by atoms with van der Waals surface area (Å²) in [6, 6.07) is 5.67. The minimum absolute atomic E-state index is 0.0309. The number of hydrogen-bond donors (Lipinski definition) is 1. The first-order valence-corrected chi connectivity index (χ1v) is 7.54. The maximum absolute atomic E-state index is 12.0. The summed E-state index contributed by atoms with van der Waals surface area (Å²) in [5, 5.41) is 2.80. The molecule has 1 aliphatic rings. The highest BCUT2D eigenvalue weighted by Gasteiger charge is 2.20. The minimum atomic E-state index is -2.43. The lowest BCUT2D eigenvalue weighted by molar-refractivity contribution is 0.0167. The van der Waals surface area contributed by atoms with Crippen LogP contribution in [-0.2, 0) is 11.3 Å². The molecule has 21 heavy (non-hydrogen) atoms. The van der Waals surface area contributed by atoms with E-state index >= 15 is 0 Å². The summed E-state index contributed by atoms with van der Waals surface area (Å²) < 4.78 is 28.8. The predicted molar refractivity (Wildman–Crippen MR) is 80.0 cm³/mol. The number of carbonyl (C=O) groups excluding carboxylic acids is 1. The van der Waals surface area contributed by atoms with E-state index in [9.17, 15) is 13.6 Å². The smallest absolute Gasteiger partial charge is 0.321 e. The summed E-state index contributed by atoms with van der Waals surface area (Å²) in [6.07, 6.45) is -1.82. The molecular weight excluding hydrogens is 346 g/mol. The van der Waals surface area contributed by atoms with Gasteiger partial charge in [-0.25, -0.2) is 13.6 Å². The number of ether oxygens (including phenoxy) is 1. The fourth-order valence-electron chi connectivity index (χ4n) is 2.13. The highest BCUT2D eigenvalue weighted by Crippen LogP contribution is 2.31. The number of hydrogen-bond acceptors (Lipinski definition) is 2. The number of nitrogens with zero attached hydrogens (tertiary/aromatic N) is 1. The van der Waals surface area contributed by atoms with Crippen LogP contribution in [0.15, 0.2) is 18.2 Å². The second kappa shape index (κ2) is 7.17. The number of benzene rings is 1. The number of urea groups is 1. The Labute approximate surface area is 130 Å². The van der Waals surface area contributed by atoms with Crippen LogP contribution < -0.4 is 5.32 Å². The lowest BCUT2D eigenvalue weighted by Gasteiger charge is -2.26. The van der Waals surface area contributed by atoms with Gasteiger partial charge in [-0.15, -0.1) is 0 Å². The van der Waals surface area contributed by atoms with Gasteiger partial charge in [0.2, 0.25) is 0 Å². The Morgan fingerprint density at radius 1 is 1.48 bits per heavy atom. The average molecular weight is 363 g/mol. The van der Waals surface area contributed by atoms with Crippen LogP contribution in [0.25, 0.3) is 0 Å². The van der Waals surface area contributed by atoms with Gasteiger partial charge in [0.1, 0.15) is 6.61 Å². The Bertz CT molecular complexity index is 514. The third-order valence-electron chi connectivity index (χ3n) is 3.25. The minimum Gasteiger partial charge on any atom is -0.375 e. The number of amides is 2. The number of nitrogens with one attached hydrogen (secondary N) is 1. The lowest BCUT2D eigenvalue weighted by atomic mass is 10.0. The van der Waals surface area contributed by atoms with Gasteiger partial charge >= 0.3 is 6.03 Å². The summed E-state index contributed by atoms with van der Waals surface area (Å²) in [5.74, 6) is 0. The standard InChI is InChI=1S/C14H17BrF2N2O2/c1-19-7-10-6-9(2-3-12(10)18-14(19)20)11(15)4-5-21-8-13(16)17/h2-3,6,11,13H,4-5,7-8H2,1H3,(H,18,20). The van der Waals surface area contributed by atoms with Crippen LogP contribution in [0.4, 0.5) is 19.3 Å². The van der Waals surface area contributed by atoms with Crippen molar-refractivity contribution >= 4 is 27.6 Å². The molecule has 0 saturated heterocycles. The topological polar surface area (TPSA) is 41.6 Å². The van der Waals surface area contributed by atoms with Crippen LogP contribution in [0.3, 0.4) is 0 Å². The molecule has 0 aliphatic carbocycles. The monoisotopic (exact) mass is 362 g/mol. The summed E-state index contributed by atoms with van der Waals surface area (Å²) in [5.41, 5.74) is 2.89. The highest BCUT2D eigenvalue weighted by molar-refractivity contribution is 9.09. The number of anilines is 1. The van der Waals surface area contributed by atoms with Crippen LogP contribution in [-0.4, -0.2) is 37.6 Å². The summed E-state index contributed by atoms with van der Waals surface area (Å²) in [7, 11) is 1.73. The number of fused-ring (bicyclic) bond motifs is 1. The van der Waals surface area contributed by atoms with E-state index in [-0.39, 0.29) is 17.5 Å². The number of alkyl halides is 3. The van der Waals surface area contributed by atoms with Crippen LogP contribution in [0, 0.1) is 0 Å². The number of rotatable bonds is 6. The summed E-state index contributed by atoms with van der Waals surface area (Å²) in [4.78, 5) is 13.2. The van der Waals surface area contributed by atoms with Crippen molar-refractivity contribution in [1.29, 1.82) is 0 Å². The fourth-order valence-corrected chi connectivity index (χ4v) is 2.60. The number of carbonyl (C=O) groups is 1. The van der Waals surface area contributed by atoms with E-state index in [1.54, 1.807) is 11.9 Å². The van der Waals surface area contributed by atoms with Crippen molar-refractivity contribution in [3.63, 3.8) is 0 Å². The van der Waals surface area contributed by atoms with Crippen molar-refractivity contribution in [2.24, 2.45) is 0 Å².